The van der Waals surface area contributed by atoms with Crippen molar-refractivity contribution in [2.24, 2.45) is 0 Å². The molecule has 4 nitrogen and oxygen atoms in total. The molecule has 1 aromatic rings. The van der Waals surface area contributed by atoms with Crippen LogP contribution in [0.3, 0.4) is 0 Å². The predicted molar refractivity (Wildman–Crippen MR) is 70.7 cm³/mol. The second kappa shape index (κ2) is 4.53. The van der Waals surface area contributed by atoms with Crippen LogP contribution in [-0.2, 0) is 0 Å². The van der Waals surface area contributed by atoms with E-state index >= 15 is 0 Å². The van der Waals surface area contributed by atoms with E-state index in [1.807, 2.05) is 6.92 Å². The van der Waals surface area contributed by atoms with Crippen LogP contribution < -0.4 is 4.90 Å². The number of hydrogen-bond acceptors (Lipinski definition) is 5. The molecule has 0 saturated carbocycles. The standard InChI is InChI=1S/C12H20N4S/c1-3-15-7-6-10-4-5-11(8-15)16(10)12-13-9(2)14-17-12/h10-11H,3-8H2,1-2H3. The van der Waals surface area contributed by atoms with Crippen molar-refractivity contribution in [3.63, 3.8) is 0 Å². The van der Waals surface area contributed by atoms with E-state index in [-0.39, 0.29) is 0 Å². The van der Waals surface area contributed by atoms with Crippen molar-refractivity contribution in [3.8, 4) is 0 Å². The van der Waals surface area contributed by atoms with Crippen LogP contribution in [0.15, 0.2) is 0 Å². The summed E-state index contributed by atoms with van der Waals surface area (Å²) < 4.78 is 4.33. The number of likely N-dealkylation sites (N-methyl/N-ethyl adjacent to an activating group) is 1. The minimum Gasteiger partial charge on any atom is -0.340 e. The first kappa shape index (κ1) is 11.4. The van der Waals surface area contributed by atoms with Crippen molar-refractivity contribution in [2.45, 2.75) is 45.2 Å². The van der Waals surface area contributed by atoms with E-state index in [9.17, 15) is 0 Å². The first-order valence-corrected chi connectivity index (χ1v) is 7.36. The third-order valence-electron chi connectivity index (χ3n) is 4.05. The summed E-state index contributed by atoms with van der Waals surface area (Å²) in [6.45, 7) is 7.86. The Morgan fingerprint density at radius 3 is 2.82 bits per heavy atom. The maximum Gasteiger partial charge on any atom is 0.205 e. The van der Waals surface area contributed by atoms with Crippen LogP contribution in [0.5, 0.6) is 0 Å². The molecule has 5 heteroatoms. The second-order valence-electron chi connectivity index (χ2n) is 5.10. The quantitative estimate of drug-likeness (QED) is 0.805. The van der Waals surface area contributed by atoms with Gasteiger partial charge in [-0.25, -0.2) is 4.98 Å². The molecule has 2 saturated heterocycles. The number of likely N-dealkylation sites (tertiary alicyclic amines) is 1. The molecule has 3 heterocycles. The van der Waals surface area contributed by atoms with Crippen molar-refractivity contribution in [3.05, 3.63) is 5.82 Å². The molecule has 1 aromatic heterocycles. The van der Waals surface area contributed by atoms with Crippen LogP contribution in [0.1, 0.15) is 32.0 Å². The van der Waals surface area contributed by atoms with Crippen LogP contribution in [0, 0.1) is 6.92 Å². The molecule has 0 aromatic carbocycles. The fourth-order valence-corrected chi connectivity index (χ4v) is 3.96. The third kappa shape index (κ3) is 2.06. The Kier molecular flexibility index (Phi) is 3.04. The number of nitrogens with zero attached hydrogens (tertiary/aromatic N) is 4. The molecule has 2 bridgehead atoms. The molecule has 2 fully saturated rings. The van der Waals surface area contributed by atoms with Gasteiger partial charge in [0.2, 0.25) is 5.13 Å². The van der Waals surface area contributed by atoms with Gasteiger partial charge in [-0.15, -0.1) is 0 Å². The second-order valence-corrected chi connectivity index (χ2v) is 5.83. The summed E-state index contributed by atoms with van der Waals surface area (Å²) >= 11 is 1.57. The summed E-state index contributed by atoms with van der Waals surface area (Å²) in [5.41, 5.74) is 0. The zero-order chi connectivity index (χ0) is 11.8. The summed E-state index contributed by atoms with van der Waals surface area (Å²) in [5, 5.41) is 1.15. The smallest absolute Gasteiger partial charge is 0.205 e. The highest BCUT2D eigenvalue weighted by Crippen LogP contribution is 2.35. The Bertz CT molecular complexity index is 392. The molecule has 2 aliphatic rings. The summed E-state index contributed by atoms with van der Waals surface area (Å²) in [4.78, 5) is 9.71. The molecular weight excluding hydrogens is 232 g/mol. The van der Waals surface area contributed by atoms with Gasteiger partial charge in [-0.1, -0.05) is 6.92 Å². The summed E-state index contributed by atoms with van der Waals surface area (Å²) in [7, 11) is 0. The number of aryl methyl sites for hydroxylation is 1. The van der Waals surface area contributed by atoms with E-state index in [2.05, 4.69) is 26.1 Å². The molecule has 0 N–H and O–H groups in total. The van der Waals surface area contributed by atoms with Gasteiger partial charge in [-0.05, 0) is 32.7 Å². The highest BCUT2D eigenvalue weighted by molar-refractivity contribution is 7.09. The molecule has 2 unspecified atom stereocenters. The molecule has 2 atom stereocenters. The van der Waals surface area contributed by atoms with Crippen molar-refractivity contribution < 1.29 is 0 Å². The van der Waals surface area contributed by atoms with E-state index in [0.717, 1.165) is 11.0 Å². The number of hydrogen-bond donors (Lipinski definition) is 0. The van der Waals surface area contributed by atoms with Gasteiger partial charge in [0, 0.05) is 36.7 Å². The molecule has 0 radical (unpaired) electrons. The lowest BCUT2D eigenvalue weighted by atomic mass is 10.1. The van der Waals surface area contributed by atoms with Gasteiger partial charge in [0.25, 0.3) is 0 Å². The Morgan fingerprint density at radius 2 is 2.12 bits per heavy atom. The highest BCUT2D eigenvalue weighted by Gasteiger charge is 2.38. The Balaban J connectivity index is 1.85. The third-order valence-corrected chi connectivity index (χ3v) is 4.87. The lowest BCUT2D eigenvalue weighted by molar-refractivity contribution is 0.273. The van der Waals surface area contributed by atoms with E-state index < -0.39 is 0 Å². The molecule has 2 aliphatic heterocycles. The molecular formula is C12H20N4S. The minimum absolute atomic E-state index is 0.662. The molecule has 94 valence electrons. The van der Waals surface area contributed by atoms with E-state index in [1.165, 1.54) is 38.9 Å². The van der Waals surface area contributed by atoms with Gasteiger partial charge in [0.15, 0.2) is 0 Å². The largest absolute Gasteiger partial charge is 0.340 e. The van der Waals surface area contributed by atoms with Crippen LogP contribution in [0.25, 0.3) is 0 Å². The Hall–Kier alpha value is -0.680. The first-order valence-electron chi connectivity index (χ1n) is 6.59. The number of anilines is 1. The first-order chi connectivity index (χ1) is 8.28. The van der Waals surface area contributed by atoms with Crippen LogP contribution in [-0.4, -0.2) is 46.0 Å². The predicted octanol–water partition coefficient (Wildman–Crippen LogP) is 1.91. The van der Waals surface area contributed by atoms with Crippen LogP contribution in [0.4, 0.5) is 5.13 Å². The molecule has 17 heavy (non-hydrogen) atoms. The van der Waals surface area contributed by atoms with Crippen LogP contribution in [0.2, 0.25) is 0 Å². The van der Waals surface area contributed by atoms with Gasteiger partial charge in [-0.3, -0.25) is 0 Å². The summed E-state index contributed by atoms with van der Waals surface area (Å²) in [5.74, 6) is 0.918. The fraction of sp³-hybridized carbons (Fsp3) is 0.833. The zero-order valence-corrected chi connectivity index (χ0v) is 11.4. The molecule has 3 rings (SSSR count). The number of rotatable bonds is 2. The zero-order valence-electron chi connectivity index (χ0n) is 10.6. The summed E-state index contributed by atoms with van der Waals surface area (Å²) in [6.07, 6.45) is 3.93. The van der Waals surface area contributed by atoms with Crippen molar-refractivity contribution in [2.75, 3.05) is 24.5 Å². The average Bonchev–Trinajstić information content (AvgIpc) is 2.82. The maximum atomic E-state index is 4.58. The van der Waals surface area contributed by atoms with E-state index in [4.69, 9.17) is 0 Å². The normalized spacial score (nSPS) is 29.6. The number of fused-ring (bicyclic) bond motifs is 2. The van der Waals surface area contributed by atoms with Gasteiger partial charge >= 0.3 is 0 Å². The Morgan fingerprint density at radius 1 is 1.29 bits per heavy atom. The number of aromatic nitrogens is 2. The molecule has 0 amide bonds. The molecule has 0 aliphatic carbocycles. The monoisotopic (exact) mass is 252 g/mol. The van der Waals surface area contributed by atoms with E-state index in [1.54, 1.807) is 11.5 Å². The SMILES string of the molecule is CCN1CCC2CCC(C1)N2c1nc(C)ns1. The average molecular weight is 252 g/mol. The highest BCUT2D eigenvalue weighted by atomic mass is 32.1. The van der Waals surface area contributed by atoms with Gasteiger partial charge in [0.05, 0.1) is 0 Å². The van der Waals surface area contributed by atoms with Crippen molar-refractivity contribution in [1.82, 2.24) is 14.3 Å². The minimum atomic E-state index is 0.662. The molecule has 0 spiro atoms. The fourth-order valence-electron chi connectivity index (χ4n) is 3.14. The topological polar surface area (TPSA) is 32.3 Å². The lowest BCUT2D eigenvalue weighted by Crippen LogP contribution is -2.39. The van der Waals surface area contributed by atoms with E-state index in [0.29, 0.717) is 12.1 Å². The van der Waals surface area contributed by atoms with Crippen LogP contribution >= 0.6 is 11.5 Å². The van der Waals surface area contributed by atoms with Crippen molar-refractivity contribution >= 4 is 16.7 Å². The van der Waals surface area contributed by atoms with Crippen molar-refractivity contribution in [1.29, 1.82) is 0 Å². The van der Waals surface area contributed by atoms with Gasteiger partial charge in [0.1, 0.15) is 5.82 Å². The summed E-state index contributed by atoms with van der Waals surface area (Å²) in [6, 6.07) is 1.36. The maximum absolute atomic E-state index is 4.58. The lowest BCUT2D eigenvalue weighted by Gasteiger charge is -2.27. The van der Waals surface area contributed by atoms with Gasteiger partial charge < -0.3 is 9.80 Å². The van der Waals surface area contributed by atoms with Gasteiger partial charge in [-0.2, -0.15) is 4.37 Å². The Labute approximate surface area is 107 Å².